The van der Waals surface area contributed by atoms with Crippen LogP contribution in [-0.2, 0) is 4.79 Å². The standard InChI is InChI=1S/C6H5N3O/c10-5-1-3-7-6-2-4-8-9-6/h2-4H,(H2,7,8,9). The Morgan fingerprint density at radius 3 is 3.30 bits per heavy atom. The third kappa shape index (κ3) is 1.63. The summed E-state index contributed by atoms with van der Waals surface area (Å²) in [6.45, 7) is 0. The molecule has 1 aromatic rings. The van der Waals surface area contributed by atoms with Crippen molar-refractivity contribution in [3.05, 3.63) is 24.2 Å². The number of nitrogens with zero attached hydrogens (tertiary/aromatic N) is 1. The van der Waals surface area contributed by atoms with Crippen molar-refractivity contribution in [1.82, 2.24) is 10.2 Å². The van der Waals surface area contributed by atoms with Gasteiger partial charge in [0, 0.05) is 6.07 Å². The molecule has 1 rings (SSSR count). The topological polar surface area (TPSA) is 57.8 Å². The largest absolute Gasteiger partial charge is 0.340 e. The Kier molecular flexibility index (Phi) is 2.10. The normalized spacial score (nSPS) is 7.60. The molecule has 0 atom stereocenters. The fourth-order valence-corrected chi connectivity index (χ4v) is 0.480. The molecule has 1 aromatic heterocycles. The molecule has 4 heteroatoms. The summed E-state index contributed by atoms with van der Waals surface area (Å²) in [5.41, 5.74) is 2.20. The molecule has 0 saturated heterocycles. The smallest absolute Gasteiger partial charge is 0.178 e. The van der Waals surface area contributed by atoms with Crippen molar-refractivity contribution in [2.75, 3.05) is 5.32 Å². The predicted molar refractivity (Wildman–Crippen MR) is 36.0 cm³/mol. The minimum atomic E-state index is 0.711. The molecule has 0 unspecified atom stereocenters. The van der Waals surface area contributed by atoms with Gasteiger partial charge in [-0.25, -0.2) is 4.79 Å². The van der Waals surface area contributed by atoms with Crippen LogP contribution in [0.25, 0.3) is 0 Å². The number of anilines is 1. The summed E-state index contributed by atoms with van der Waals surface area (Å²) < 4.78 is 0. The van der Waals surface area contributed by atoms with Gasteiger partial charge in [0.05, 0.1) is 12.4 Å². The summed E-state index contributed by atoms with van der Waals surface area (Å²) in [4.78, 5) is 9.60. The Morgan fingerprint density at radius 1 is 1.80 bits per heavy atom. The Balaban J connectivity index is 2.57. The molecular weight excluding hydrogens is 130 g/mol. The Bertz CT molecular complexity index is 265. The summed E-state index contributed by atoms with van der Waals surface area (Å²) in [5, 5.41) is 9.01. The minimum Gasteiger partial charge on any atom is -0.340 e. The lowest BCUT2D eigenvalue weighted by Gasteiger charge is -1.87. The third-order valence-corrected chi connectivity index (χ3v) is 0.860. The van der Waals surface area contributed by atoms with E-state index in [4.69, 9.17) is 0 Å². The highest BCUT2D eigenvalue weighted by Crippen LogP contribution is 1.96. The lowest BCUT2D eigenvalue weighted by atomic mass is 10.6. The van der Waals surface area contributed by atoms with E-state index in [2.05, 4.69) is 21.2 Å². The maximum atomic E-state index is 9.60. The Labute approximate surface area is 57.3 Å². The van der Waals surface area contributed by atoms with Crippen molar-refractivity contribution in [1.29, 1.82) is 0 Å². The van der Waals surface area contributed by atoms with E-state index in [1.165, 1.54) is 12.1 Å². The summed E-state index contributed by atoms with van der Waals surface area (Å²) in [6, 6.07) is 1.73. The lowest BCUT2D eigenvalue weighted by Crippen LogP contribution is -1.84. The van der Waals surface area contributed by atoms with Gasteiger partial charge in [-0.05, 0) is 5.73 Å². The van der Waals surface area contributed by atoms with Gasteiger partial charge in [0.25, 0.3) is 0 Å². The quantitative estimate of drug-likeness (QED) is 0.453. The van der Waals surface area contributed by atoms with Gasteiger partial charge in [-0.15, -0.1) is 0 Å². The molecule has 4 nitrogen and oxygen atoms in total. The van der Waals surface area contributed by atoms with Gasteiger partial charge >= 0.3 is 0 Å². The SMILES string of the molecule is O=C=C=CNc1ccn[nH]1. The van der Waals surface area contributed by atoms with Crippen LogP contribution in [0.1, 0.15) is 0 Å². The summed E-state index contributed by atoms with van der Waals surface area (Å²) in [5.74, 6) is 2.19. The molecule has 0 aromatic carbocycles. The van der Waals surface area contributed by atoms with Crippen molar-refractivity contribution in [3.8, 4) is 0 Å². The van der Waals surface area contributed by atoms with Crippen molar-refractivity contribution in [3.63, 3.8) is 0 Å². The number of H-pyrrole nitrogens is 1. The minimum absolute atomic E-state index is 0.711. The highest BCUT2D eigenvalue weighted by atomic mass is 16.1. The highest BCUT2D eigenvalue weighted by molar-refractivity contribution is 5.46. The number of hydrogen-bond acceptors (Lipinski definition) is 3. The van der Waals surface area contributed by atoms with Crippen LogP contribution >= 0.6 is 0 Å². The maximum absolute atomic E-state index is 9.60. The number of hydrogen-bond donors (Lipinski definition) is 2. The van der Waals surface area contributed by atoms with E-state index in [1.54, 1.807) is 12.3 Å². The molecule has 0 radical (unpaired) electrons. The third-order valence-electron chi connectivity index (χ3n) is 0.860. The molecule has 2 N–H and O–H groups in total. The number of aromatic amines is 1. The summed E-state index contributed by atoms with van der Waals surface area (Å²) >= 11 is 0. The first-order valence-electron chi connectivity index (χ1n) is 2.64. The van der Waals surface area contributed by atoms with E-state index in [0.29, 0.717) is 5.82 Å². The van der Waals surface area contributed by atoms with Crippen LogP contribution in [-0.4, -0.2) is 16.1 Å². The molecule has 0 saturated carbocycles. The fraction of sp³-hybridized carbons (Fsp3) is 0. The van der Waals surface area contributed by atoms with Gasteiger partial charge in [0.2, 0.25) is 0 Å². The molecular formula is C6H5N3O. The first-order chi connectivity index (χ1) is 4.93. The first kappa shape index (κ1) is 6.36. The van der Waals surface area contributed by atoms with Gasteiger partial charge in [-0.2, -0.15) is 5.10 Å². The summed E-state index contributed by atoms with van der Waals surface area (Å²) in [7, 11) is 0. The maximum Gasteiger partial charge on any atom is 0.178 e. The van der Waals surface area contributed by atoms with E-state index in [1.807, 2.05) is 0 Å². The van der Waals surface area contributed by atoms with E-state index in [9.17, 15) is 4.79 Å². The van der Waals surface area contributed by atoms with Crippen LogP contribution in [0.15, 0.2) is 24.2 Å². The molecule has 0 aliphatic heterocycles. The van der Waals surface area contributed by atoms with Crippen LogP contribution in [0, 0.1) is 0 Å². The Morgan fingerprint density at radius 2 is 2.70 bits per heavy atom. The van der Waals surface area contributed by atoms with Crippen LogP contribution in [0.4, 0.5) is 5.82 Å². The number of rotatable bonds is 2. The second-order valence-electron chi connectivity index (χ2n) is 1.51. The van der Waals surface area contributed by atoms with Crippen molar-refractivity contribution in [2.45, 2.75) is 0 Å². The zero-order valence-corrected chi connectivity index (χ0v) is 5.09. The van der Waals surface area contributed by atoms with Gasteiger partial charge in [0.15, 0.2) is 5.94 Å². The molecule has 0 spiro atoms. The van der Waals surface area contributed by atoms with Crippen molar-refractivity contribution < 1.29 is 4.79 Å². The molecule has 0 amide bonds. The van der Waals surface area contributed by atoms with Gasteiger partial charge in [-0.3, -0.25) is 5.10 Å². The van der Waals surface area contributed by atoms with E-state index >= 15 is 0 Å². The van der Waals surface area contributed by atoms with Gasteiger partial charge < -0.3 is 5.32 Å². The zero-order chi connectivity index (χ0) is 7.23. The van der Waals surface area contributed by atoms with E-state index in [-0.39, 0.29) is 0 Å². The molecule has 1 heterocycles. The molecule has 0 aliphatic rings. The van der Waals surface area contributed by atoms with Crippen LogP contribution in [0.3, 0.4) is 0 Å². The second kappa shape index (κ2) is 3.30. The average Bonchev–Trinajstić information content (AvgIpc) is 2.41. The molecule has 0 bridgehead atoms. The monoisotopic (exact) mass is 135 g/mol. The lowest BCUT2D eigenvalue weighted by molar-refractivity contribution is 0.569. The zero-order valence-electron chi connectivity index (χ0n) is 5.09. The molecule has 50 valence electrons. The van der Waals surface area contributed by atoms with Crippen molar-refractivity contribution in [2.24, 2.45) is 0 Å². The number of aromatic nitrogens is 2. The Hall–Kier alpha value is -1.76. The summed E-state index contributed by atoms with van der Waals surface area (Å²) in [6.07, 6.45) is 2.95. The predicted octanol–water partition coefficient (Wildman–Crippen LogP) is 0.322. The van der Waals surface area contributed by atoms with Gasteiger partial charge in [0.1, 0.15) is 5.82 Å². The van der Waals surface area contributed by atoms with Crippen LogP contribution < -0.4 is 5.32 Å². The van der Waals surface area contributed by atoms with Crippen molar-refractivity contribution >= 4 is 11.8 Å². The van der Waals surface area contributed by atoms with Crippen LogP contribution in [0.5, 0.6) is 0 Å². The van der Waals surface area contributed by atoms with E-state index < -0.39 is 0 Å². The van der Waals surface area contributed by atoms with E-state index in [0.717, 1.165) is 0 Å². The molecule has 0 fully saturated rings. The number of nitrogens with one attached hydrogen (secondary N) is 2. The molecule has 0 aliphatic carbocycles. The second-order valence-corrected chi connectivity index (χ2v) is 1.51. The average molecular weight is 135 g/mol. The number of carbonyl (C=O) groups excluding carboxylic acids is 1. The molecule has 10 heavy (non-hydrogen) atoms. The highest BCUT2D eigenvalue weighted by Gasteiger charge is 1.83. The fourth-order valence-electron chi connectivity index (χ4n) is 0.480. The van der Waals surface area contributed by atoms with Crippen LogP contribution in [0.2, 0.25) is 0 Å². The van der Waals surface area contributed by atoms with Gasteiger partial charge in [-0.1, -0.05) is 0 Å². The first-order valence-corrected chi connectivity index (χ1v) is 2.64.